The first-order valence-corrected chi connectivity index (χ1v) is 10.2. The molecule has 2 heterocycles. The molecule has 1 fully saturated rings. The molecule has 0 atom stereocenters. The fourth-order valence-corrected chi connectivity index (χ4v) is 5.30. The number of nitrogens with one attached hydrogen (secondary N) is 1. The van der Waals surface area contributed by atoms with Crippen molar-refractivity contribution in [2.45, 2.75) is 4.90 Å². The zero-order valence-corrected chi connectivity index (χ0v) is 17.0. The number of ether oxygens (including phenoxy) is 2. The number of amides is 1. The maximum Gasteiger partial charge on any atom is 0.267 e. The van der Waals surface area contributed by atoms with Crippen molar-refractivity contribution in [2.75, 3.05) is 44.5 Å². The van der Waals surface area contributed by atoms with E-state index in [9.17, 15) is 13.2 Å². The number of rotatable bonds is 5. The van der Waals surface area contributed by atoms with Crippen LogP contribution in [0.2, 0.25) is 0 Å². The molecule has 0 unspecified atom stereocenters. The highest BCUT2D eigenvalue weighted by molar-refractivity contribution is 7.89. The fourth-order valence-electron chi connectivity index (χ4n) is 2.59. The van der Waals surface area contributed by atoms with Gasteiger partial charge >= 0.3 is 0 Å². The van der Waals surface area contributed by atoms with Gasteiger partial charge in [0.25, 0.3) is 5.91 Å². The first-order chi connectivity index (χ1) is 12.4. The number of benzene rings is 1. The van der Waals surface area contributed by atoms with Crippen LogP contribution in [0.4, 0.5) is 11.4 Å². The lowest BCUT2D eigenvalue weighted by atomic mass is 10.2. The molecule has 0 radical (unpaired) electrons. The van der Waals surface area contributed by atoms with Crippen molar-refractivity contribution >= 4 is 51.0 Å². The molecule has 0 saturated carbocycles. The molecule has 3 rings (SSSR count). The van der Waals surface area contributed by atoms with Crippen LogP contribution in [-0.2, 0) is 14.8 Å². The molecule has 1 amide bonds. The molecule has 1 aliphatic rings. The Hall–Kier alpha value is -1.85. The Labute approximate surface area is 167 Å². The van der Waals surface area contributed by atoms with Crippen LogP contribution in [0.1, 0.15) is 9.67 Å². The Morgan fingerprint density at radius 2 is 2.00 bits per heavy atom. The Morgan fingerprint density at radius 1 is 1.30 bits per heavy atom. The number of nitrogens with two attached hydrogens (primary N) is 1. The van der Waals surface area contributed by atoms with Gasteiger partial charge in [-0.2, -0.15) is 4.31 Å². The van der Waals surface area contributed by atoms with Gasteiger partial charge in [0.1, 0.15) is 15.5 Å². The predicted octanol–water partition coefficient (Wildman–Crippen LogP) is 2.03. The monoisotopic (exact) mass is 433 g/mol. The Bertz CT molecular complexity index is 911. The minimum atomic E-state index is -3.75. The molecule has 0 spiro atoms. The summed E-state index contributed by atoms with van der Waals surface area (Å²) in [5.74, 6) is -0.00823. The van der Waals surface area contributed by atoms with Gasteiger partial charge in [0.05, 0.1) is 26.0 Å². The summed E-state index contributed by atoms with van der Waals surface area (Å²) in [4.78, 5) is 12.7. The van der Waals surface area contributed by atoms with Crippen molar-refractivity contribution in [2.24, 2.45) is 0 Å². The second kappa shape index (κ2) is 8.89. The summed E-state index contributed by atoms with van der Waals surface area (Å²) in [6, 6.07) is 6.27. The van der Waals surface area contributed by atoms with E-state index in [0.717, 1.165) is 11.3 Å². The zero-order chi connectivity index (χ0) is 18.7. The third-order valence-corrected chi connectivity index (χ3v) is 6.89. The van der Waals surface area contributed by atoms with Crippen molar-refractivity contribution in [3.8, 4) is 5.75 Å². The molecule has 2 aromatic rings. The summed E-state index contributed by atoms with van der Waals surface area (Å²) in [7, 11) is -2.25. The van der Waals surface area contributed by atoms with Gasteiger partial charge in [-0.1, -0.05) is 0 Å². The highest BCUT2D eigenvalue weighted by Crippen LogP contribution is 2.28. The second-order valence-electron chi connectivity index (χ2n) is 5.54. The number of hydrogen-bond donors (Lipinski definition) is 2. The number of sulfonamides is 1. The van der Waals surface area contributed by atoms with Crippen LogP contribution in [0.15, 0.2) is 34.5 Å². The minimum absolute atomic E-state index is 0. The minimum Gasteiger partial charge on any atom is -0.495 e. The molecule has 0 bridgehead atoms. The van der Waals surface area contributed by atoms with Crippen molar-refractivity contribution in [1.82, 2.24) is 4.31 Å². The summed E-state index contributed by atoms with van der Waals surface area (Å²) in [5.41, 5.74) is 6.66. The summed E-state index contributed by atoms with van der Waals surface area (Å²) < 4.78 is 37.3. The average Bonchev–Trinajstić information content (AvgIpc) is 3.13. The first kappa shape index (κ1) is 21.5. The third-order valence-electron chi connectivity index (χ3n) is 3.91. The van der Waals surface area contributed by atoms with Gasteiger partial charge in [-0.15, -0.1) is 23.7 Å². The normalized spacial score (nSPS) is 15.0. The average molecular weight is 434 g/mol. The molecule has 1 aromatic carbocycles. The third kappa shape index (κ3) is 4.53. The maximum absolute atomic E-state index is 12.8. The van der Waals surface area contributed by atoms with Crippen LogP contribution in [0.5, 0.6) is 5.75 Å². The number of anilines is 2. The summed E-state index contributed by atoms with van der Waals surface area (Å²) in [5, 5.41) is 4.27. The van der Waals surface area contributed by atoms with Crippen LogP contribution >= 0.6 is 23.7 Å². The van der Waals surface area contributed by atoms with E-state index in [1.807, 2.05) is 0 Å². The van der Waals surface area contributed by atoms with E-state index < -0.39 is 15.9 Å². The van der Waals surface area contributed by atoms with Gasteiger partial charge in [0.15, 0.2) is 0 Å². The van der Waals surface area contributed by atoms with Gasteiger partial charge in [0.2, 0.25) is 10.0 Å². The van der Waals surface area contributed by atoms with Crippen LogP contribution in [-0.4, -0.2) is 52.0 Å². The number of thiophene rings is 1. The molecule has 0 aliphatic carbocycles. The van der Waals surface area contributed by atoms with E-state index in [0.29, 0.717) is 30.3 Å². The van der Waals surface area contributed by atoms with Crippen molar-refractivity contribution in [3.05, 3.63) is 34.5 Å². The van der Waals surface area contributed by atoms with Crippen LogP contribution in [0.25, 0.3) is 0 Å². The molecule has 1 aromatic heterocycles. The number of nitrogen functional groups attached to an aromatic ring is 1. The van der Waals surface area contributed by atoms with Crippen LogP contribution in [0, 0.1) is 0 Å². The number of carbonyl (C=O) groups is 1. The van der Waals surface area contributed by atoms with Crippen LogP contribution in [0.3, 0.4) is 0 Å². The van der Waals surface area contributed by atoms with Crippen molar-refractivity contribution in [1.29, 1.82) is 0 Å². The standard InChI is InChI=1S/C16H19N3O5S2.ClH/c1-23-13-3-2-11(10-12(13)17)18-16(20)15-14(4-9-25-15)26(21,22)19-5-7-24-8-6-19;/h2-4,9-10H,5-8,17H2,1H3,(H,18,20);1H. The highest BCUT2D eigenvalue weighted by Gasteiger charge is 2.31. The fraction of sp³-hybridized carbons (Fsp3) is 0.312. The maximum atomic E-state index is 12.8. The van der Waals surface area contributed by atoms with E-state index >= 15 is 0 Å². The number of hydrogen-bond acceptors (Lipinski definition) is 7. The molecular formula is C16H20ClN3O5S2. The van der Waals surface area contributed by atoms with Crippen molar-refractivity contribution < 1.29 is 22.7 Å². The zero-order valence-electron chi connectivity index (χ0n) is 14.5. The van der Waals surface area contributed by atoms with E-state index in [-0.39, 0.29) is 35.3 Å². The molecule has 11 heteroatoms. The first-order valence-electron chi connectivity index (χ1n) is 7.83. The largest absolute Gasteiger partial charge is 0.495 e. The summed E-state index contributed by atoms with van der Waals surface area (Å²) in [6.07, 6.45) is 0. The van der Waals surface area contributed by atoms with E-state index in [1.165, 1.54) is 17.5 Å². The molecule has 148 valence electrons. The van der Waals surface area contributed by atoms with Crippen LogP contribution < -0.4 is 15.8 Å². The lowest BCUT2D eigenvalue weighted by Gasteiger charge is -2.26. The van der Waals surface area contributed by atoms with Gasteiger partial charge in [-0.25, -0.2) is 8.42 Å². The Balaban J connectivity index is 0.00000261. The summed E-state index contributed by atoms with van der Waals surface area (Å²) >= 11 is 1.07. The number of halogens is 1. The molecule has 8 nitrogen and oxygen atoms in total. The Morgan fingerprint density at radius 3 is 2.63 bits per heavy atom. The molecule has 1 saturated heterocycles. The van der Waals surface area contributed by atoms with Crippen molar-refractivity contribution in [3.63, 3.8) is 0 Å². The van der Waals surface area contributed by atoms with Gasteiger partial charge in [-0.3, -0.25) is 4.79 Å². The quantitative estimate of drug-likeness (QED) is 0.698. The smallest absolute Gasteiger partial charge is 0.267 e. The lowest BCUT2D eigenvalue weighted by molar-refractivity contribution is 0.0730. The highest BCUT2D eigenvalue weighted by atomic mass is 35.5. The topological polar surface area (TPSA) is 111 Å². The Kier molecular flexibility index (Phi) is 7.06. The molecule has 27 heavy (non-hydrogen) atoms. The number of methoxy groups -OCH3 is 1. The number of nitrogens with zero attached hydrogens (tertiary/aromatic N) is 1. The molecule has 3 N–H and O–H groups in total. The lowest BCUT2D eigenvalue weighted by Crippen LogP contribution is -2.41. The second-order valence-corrected chi connectivity index (χ2v) is 8.36. The van der Waals surface area contributed by atoms with Gasteiger partial charge in [-0.05, 0) is 29.6 Å². The van der Waals surface area contributed by atoms with Gasteiger partial charge < -0.3 is 20.5 Å². The van der Waals surface area contributed by atoms with E-state index in [2.05, 4.69) is 5.32 Å². The van der Waals surface area contributed by atoms with E-state index in [1.54, 1.807) is 23.6 Å². The predicted molar refractivity (Wildman–Crippen MR) is 107 cm³/mol. The number of morpholine rings is 1. The SMILES string of the molecule is COc1ccc(NC(=O)c2sccc2S(=O)(=O)N2CCOCC2)cc1N.Cl. The molecular weight excluding hydrogens is 414 g/mol. The van der Waals surface area contributed by atoms with Gasteiger partial charge in [0, 0.05) is 18.8 Å². The number of carbonyl (C=O) groups excluding carboxylic acids is 1. The summed E-state index contributed by atoms with van der Waals surface area (Å²) in [6.45, 7) is 1.23. The van der Waals surface area contributed by atoms with E-state index in [4.69, 9.17) is 15.2 Å². The molecule has 1 aliphatic heterocycles.